The maximum absolute atomic E-state index is 12.9. The van der Waals surface area contributed by atoms with Crippen molar-refractivity contribution >= 4 is 58.7 Å². The Labute approximate surface area is 192 Å². The lowest BCUT2D eigenvalue weighted by molar-refractivity contribution is -0.123. The number of rotatable bonds is 4. The highest BCUT2D eigenvalue weighted by Gasteiger charge is 2.35. The first-order valence-electron chi connectivity index (χ1n) is 9.53. The van der Waals surface area contributed by atoms with Gasteiger partial charge < -0.3 is 9.80 Å². The number of nitrogens with zero attached hydrogens (tertiary/aromatic N) is 3. The Hall–Kier alpha value is -1.99. The number of likely N-dealkylation sites (N-methyl/N-ethyl adjacent to an activating group) is 1. The second kappa shape index (κ2) is 9.88. The van der Waals surface area contributed by atoms with Gasteiger partial charge in [-0.1, -0.05) is 41.9 Å². The van der Waals surface area contributed by atoms with E-state index < -0.39 is 0 Å². The molecule has 0 aromatic heterocycles. The third-order valence-electron chi connectivity index (χ3n) is 5.19. The van der Waals surface area contributed by atoms with Crippen LogP contribution in [-0.4, -0.2) is 54.2 Å². The maximum atomic E-state index is 12.9. The van der Waals surface area contributed by atoms with Crippen molar-refractivity contribution in [2.24, 2.45) is 0 Å². The number of amides is 2. The molecule has 2 saturated heterocycles. The van der Waals surface area contributed by atoms with Crippen LogP contribution >= 0.6 is 35.8 Å². The summed E-state index contributed by atoms with van der Waals surface area (Å²) >= 11 is 6.92. The van der Waals surface area contributed by atoms with Crippen LogP contribution in [0, 0.1) is 0 Å². The van der Waals surface area contributed by atoms with E-state index >= 15 is 0 Å². The molecule has 0 N–H and O–H groups in total. The Kier molecular flexibility index (Phi) is 7.47. The van der Waals surface area contributed by atoms with Gasteiger partial charge in [-0.15, -0.1) is 12.4 Å². The number of carbonyl (C=O) groups excluding carboxylic acids is 2. The molecule has 2 amide bonds. The molecule has 2 aliphatic heterocycles. The smallest absolute Gasteiger partial charge is 0.293 e. The molecule has 2 aromatic carbocycles. The van der Waals surface area contributed by atoms with Gasteiger partial charge in [0.1, 0.15) is 0 Å². The van der Waals surface area contributed by atoms with Crippen LogP contribution in [0.2, 0.25) is 5.02 Å². The fourth-order valence-electron chi connectivity index (χ4n) is 3.49. The highest BCUT2D eigenvalue weighted by atomic mass is 35.5. The molecule has 5 nitrogen and oxygen atoms in total. The molecule has 2 aromatic rings. The first-order valence-corrected chi connectivity index (χ1v) is 10.7. The van der Waals surface area contributed by atoms with Crippen molar-refractivity contribution in [2.45, 2.75) is 6.54 Å². The molecule has 2 heterocycles. The fraction of sp³-hybridized carbons (Fsp3) is 0.273. The van der Waals surface area contributed by atoms with E-state index in [-0.39, 0.29) is 30.1 Å². The minimum absolute atomic E-state index is 0. The van der Waals surface area contributed by atoms with Crippen LogP contribution < -0.4 is 4.90 Å². The second-order valence-corrected chi connectivity index (χ2v) is 8.67. The summed E-state index contributed by atoms with van der Waals surface area (Å²) in [6.45, 7) is 4.15. The van der Waals surface area contributed by atoms with Crippen molar-refractivity contribution in [3.8, 4) is 0 Å². The Bertz CT molecular complexity index is 957. The van der Waals surface area contributed by atoms with Crippen molar-refractivity contribution in [3.05, 3.63) is 69.6 Å². The van der Waals surface area contributed by atoms with Gasteiger partial charge in [-0.3, -0.25) is 14.5 Å². The van der Waals surface area contributed by atoms with Gasteiger partial charge >= 0.3 is 0 Å². The van der Waals surface area contributed by atoms with Crippen molar-refractivity contribution in [2.75, 3.05) is 38.1 Å². The standard InChI is InChI=1S/C22H22ClN3O2S.ClH/c1-24-10-12-25(13-11-24)19-5-3-2-4-17(19)14-20-21(27)26(22(28)29-20)15-16-6-8-18(23)9-7-16;/h2-9,14H,10-13,15H2,1H3;1H. The number of halogens is 2. The summed E-state index contributed by atoms with van der Waals surface area (Å²) in [6.07, 6.45) is 1.85. The van der Waals surface area contributed by atoms with Gasteiger partial charge in [-0.05, 0) is 54.2 Å². The molecule has 0 saturated carbocycles. The van der Waals surface area contributed by atoms with E-state index in [1.54, 1.807) is 12.1 Å². The number of imide groups is 1. The maximum Gasteiger partial charge on any atom is 0.293 e. The molecule has 2 fully saturated rings. The van der Waals surface area contributed by atoms with E-state index in [1.165, 1.54) is 4.90 Å². The number of carbonyl (C=O) groups is 2. The van der Waals surface area contributed by atoms with Crippen LogP contribution in [0.15, 0.2) is 53.4 Å². The summed E-state index contributed by atoms with van der Waals surface area (Å²) in [4.78, 5) is 31.8. The predicted octanol–water partition coefficient (Wildman–Crippen LogP) is 4.75. The first kappa shape index (κ1) is 22.7. The Morgan fingerprint density at radius 2 is 1.67 bits per heavy atom. The molecule has 158 valence electrons. The van der Waals surface area contributed by atoms with E-state index in [2.05, 4.69) is 22.9 Å². The van der Waals surface area contributed by atoms with Crippen molar-refractivity contribution in [1.29, 1.82) is 0 Å². The number of para-hydroxylation sites is 1. The highest BCUT2D eigenvalue weighted by molar-refractivity contribution is 8.18. The summed E-state index contributed by atoms with van der Waals surface area (Å²) in [7, 11) is 2.12. The largest absolute Gasteiger partial charge is 0.368 e. The number of hydrogen-bond acceptors (Lipinski definition) is 5. The Morgan fingerprint density at radius 1 is 1.00 bits per heavy atom. The average molecular weight is 464 g/mol. The zero-order chi connectivity index (χ0) is 20.4. The van der Waals surface area contributed by atoms with Gasteiger partial charge in [0.15, 0.2) is 0 Å². The summed E-state index contributed by atoms with van der Waals surface area (Å²) in [5.41, 5.74) is 2.94. The molecular weight excluding hydrogens is 441 g/mol. The van der Waals surface area contributed by atoms with E-state index in [9.17, 15) is 9.59 Å². The zero-order valence-electron chi connectivity index (χ0n) is 16.6. The lowest BCUT2D eigenvalue weighted by Crippen LogP contribution is -2.44. The van der Waals surface area contributed by atoms with Gasteiger partial charge in [0.05, 0.1) is 11.4 Å². The van der Waals surface area contributed by atoms with Crippen molar-refractivity contribution in [3.63, 3.8) is 0 Å². The normalized spacial score (nSPS) is 18.8. The van der Waals surface area contributed by atoms with Gasteiger partial charge in [0, 0.05) is 36.9 Å². The van der Waals surface area contributed by atoms with Gasteiger partial charge in [-0.25, -0.2) is 0 Å². The first-order chi connectivity index (χ1) is 14.0. The quantitative estimate of drug-likeness (QED) is 0.611. The van der Waals surface area contributed by atoms with E-state index in [4.69, 9.17) is 11.6 Å². The highest BCUT2D eigenvalue weighted by Crippen LogP contribution is 2.35. The zero-order valence-corrected chi connectivity index (χ0v) is 19.0. The lowest BCUT2D eigenvalue weighted by atomic mass is 10.1. The van der Waals surface area contributed by atoms with Gasteiger partial charge in [-0.2, -0.15) is 0 Å². The van der Waals surface area contributed by atoms with Crippen LogP contribution in [-0.2, 0) is 11.3 Å². The number of piperazine rings is 1. The van der Waals surface area contributed by atoms with E-state index in [1.807, 2.05) is 36.4 Å². The van der Waals surface area contributed by atoms with Crippen LogP contribution in [0.1, 0.15) is 11.1 Å². The predicted molar refractivity (Wildman–Crippen MR) is 126 cm³/mol. The minimum atomic E-state index is -0.247. The van der Waals surface area contributed by atoms with Crippen LogP contribution in [0.3, 0.4) is 0 Å². The van der Waals surface area contributed by atoms with Gasteiger partial charge in [0.25, 0.3) is 11.1 Å². The average Bonchev–Trinajstić information content (AvgIpc) is 2.98. The van der Waals surface area contributed by atoms with Crippen LogP contribution in [0.25, 0.3) is 6.08 Å². The third-order valence-corrected chi connectivity index (χ3v) is 6.35. The number of hydrogen-bond donors (Lipinski definition) is 0. The van der Waals surface area contributed by atoms with Crippen molar-refractivity contribution in [1.82, 2.24) is 9.80 Å². The third kappa shape index (κ3) is 5.01. The molecule has 0 bridgehead atoms. The molecule has 8 heteroatoms. The summed E-state index contributed by atoms with van der Waals surface area (Å²) in [5.74, 6) is -0.247. The van der Waals surface area contributed by atoms with Gasteiger partial charge in [0.2, 0.25) is 0 Å². The topological polar surface area (TPSA) is 43.9 Å². The minimum Gasteiger partial charge on any atom is -0.368 e. The molecule has 0 unspecified atom stereocenters. The monoisotopic (exact) mass is 463 g/mol. The molecule has 0 atom stereocenters. The molecule has 0 radical (unpaired) electrons. The Morgan fingerprint density at radius 3 is 2.37 bits per heavy atom. The van der Waals surface area contributed by atoms with E-state index in [0.717, 1.165) is 54.8 Å². The fourth-order valence-corrected chi connectivity index (χ4v) is 4.45. The molecule has 0 spiro atoms. The molecule has 30 heavy (non-hydrogen) atoms. The molecule has 4 rings (SSSR count). The molecule has 0 aliphatic carbocycles. The SMILES string of the molecule is CN1CCN(c2ccccc2C=C2SC(=O)N(Cc3ccc(Cl)cc3)C2=O)CC1.Cl. The number of benzene rings is 2. The van der Waals surface area contributed by atoms with Crippen molar-refractivity contribution < 1.29 is 9.59 Å². The summed E-state index contributed by atoms with van der Waals surface area (Å²) < 4.78 is 0. The lowest BCUT2D eigenvalue weighted by Gasteiger charge is -2.34. The number of thioether (sulfide) groups is 1. The van der Waals surface area contributed by atoms with Crippen LogP contribution in [0.4, 0.5) is 10.5 Å². The molecular formula is C22H23Cl2N3O2S. The van der Waals surface area contributed by atoms with E-state index in [0.29, 0.717) is 9.93 Å². The Balaban J connectivity index is 0.00000256. The number of anilines is 1. The summed E-state index contributed by atoms with van der Waals surface area (Å²) in [6, 6.07) is 15.2. The van der Waals surface area contributed by atoms with Crippen LogP contribution in [0.5, 0.6) is 0 Å². The second-order valence-electron chi connectivity index (χ2n) is 7.24. The summed E-state index contributed by atoms with van der Waals surface area (Å²) in [5, 5.41) is 0.386. The molecule has 2 aliphatic rings.